The van der Waals surface area contributed by atoms with Crippen LogP contribution in [0, 0.1) is 0 Å². The van der Waals surface area contributed by atoms with Crippen molar-refractivity contribution in [2.45, 2.75) is 25.9 Å². The van der Waals surface area contributed by atoms with E-state index < -0.39 is 0 Å². The van der Waals surface area contributed by atoms with Crippen molar-refractivity contribution in [2.24, 2.45) is 0 Å². The number of hydrogen-bond donors (Lipinski definition) is 3. The molecule has 1 saturated heterocycles. The van der Waals surface area contributed by atoms with Gasteiger partial charge in [-0.2, -0.15) is 0 Å². The zero-order valence-corrected chi connectivity index (χ0v) is 17.2. The van der Waals surface area contributed by atoms with Crippen LogP contribution in [0.2, 0.25) is 0 Å². The number of aromatic nitrogens is 2. The van der Waals surface area contributed by atoms with Crippen LogP contribution in [0.3, 0.4) is 0 Å². The Bertz CT molecular complexity index is 1090. The Hall–Kier alpha value is -3.59. The highest BCUT2D eigenvalue weighted by Gasteiger charge is 2.21. The third kappa shape index (κ3) is 4.77. The number of hydrogen-bond acceptors (Lipinski definition) is 5. The van der Waals surface area contributed by atoms with E-state index in [-0.39, 0.29) is 18.2 Å². The topological polar surface area (TPSA) is 109 Å². The van der Waals surface area contributed by atoms with Gasteiger partial charge >= 0.3 is 12.1 Å². The number of carbonyl (C=O) groups excluding carboxylic acids is 2. The summed E-state index contributed by atoms with van der Waals surface area (Å²) in [5, 5.41) is 16.0. The molecular weight excluding hydrogens is 398 g/mol. The van der Waals surface area contributed by atoms with Gasteiger partial charge in [0.15, 0.2) is 0 Å². The van der Waals surface area contributed by atoms with Crippen molar-refractivity contribution in [3.8, 4) is 11.5 Å². The average molecular weight is 423 g/mol. The summed E-state index contributed by atoms with van der Waals surface area (Å²) in [6, 6.07) is 10.3. The predicted octanol–water partition coefficient (Wildman–Crippen LogP) is 3.39. The van der Waals surface area contributed by atoms with Crippen molar-refractivity contribution in [1.82, 2.24) is 19.8 Å². The molecule has 0 spiro atoms. The molecule has 1 fully saturated rings. The lowest BCUT2D eigenvalue weighted by molar-refractivity contribution is 0.0972. The summed E-state index contributed by atoms with van der Waals surface area (Å²) >= 11 is 0. The van der Waals surface area contributed by atoms with Gasteiger partial charge in [0.2, 0.25) is 0 Å². The Balaban J connectivity index is 1.44. The van der Waals surface area contributed by atoms with E-state index in [1.54, 1.807) is 40.1 Å². The Kier molecular flexibility index (Phi) is 6.03. The SMILES string of the molecule is CCNC(=O)n1ccc2cc(Oc3ccnc(NC(=O)N4CCC(O)CC4)c3)ccc21. The highest BCUT2D eigenvalue weighted by molar-refractivity contribution is 5.92. The lowest BCUT2D eigenvalue weighted by Gasteiger charge is -2.29. The number of rotatable bonds is 4. The number of urea groups is 1. The second kappa shape index (κ2) is 9.05. The van der Waals surface area contributed by atoms with Gasteiger partial charge in [-0.1, -0.05) is 0 Å². The summed E-state index contributed by atoms with van der Waals surface area (Å²) in [5.41, 5.74) is 0.785. The fourth-order valence-corrected chi connectivity index (χ4v) is 3.53. The highest BCUT2D eigenvalue weighted by atomic mass is 16.5. The van der Waals surface area contributed by atoms with Crippen molar-refractivity contribution >= 4 is 28.8 Å². The van der Waals surface area contributed by atoms with E-state index in [2.05, 4.69) is 15.6 Å². The number of piperidine rings is 1. The van der Waals surface area contributed by atoms with Gasteiger partial charge in [-0.3, -0.25) is 9.88 Å². The molecule has 1 aliphatic heterocycles. The Morgan fingerprint density at radius 3 is 2.68 bits per heavy atom. The van der Waals surface area contributed by atoms with E-state index in [1.165, 1.54) is 0 Å². The number of aliphatic hydroxyl groups is 1. The quantitative estimate of drug-likeness (QED) is 0.596. The fraction of sp³-hybridized carbons (Fsp3) is 0.318. The lowest BCUT2D eigenvalue weighted by atomic mass is 10.1. The van der Waals surface area contributed by atoms with Crippen molar-refractivity contribution in [2.75, 3.05) is 25.0 Å². The molecule has 0 atom stereocenters. The van der Waals surface area contributed by atoms with Gasteiger partial charge in [-0.25, -0.2) is 14.6 Å². The molecule has 162 valence electrons. The van der Waals surface area contributed by atoms with Crippen LogP contribution >= 0.6 is 0 Å². The number of pyridine rings is 1. The summed E-state index contributed by atoms with van der Waals surface area (Å²) in [6.07, 6.45) is 4.10. The van der Waals surface area contributed by atoms with E-state index in [0.717, 1.165) is 10.9 Å². The van der Waals surface area contributed by atoms with Crippen molar-refractivity contribution in [1.29, 1.82) is 0 Å². The molecule has 2 aromatic heterocycles. The minimum atomic E-state index is -0.339. The summed E-state index contributed by atoms with van der Waals surface area (Å²) in [5.74, 6) is 1.52. The summed E-state index contributed by atoms with van der Waals surface area (Å²) in [4.78, 5) is 30.4. The first-order valence-corrected chi connectivity index (χ1v) is 10.3. The van der Waals surface area contributed by atoms with Crippen LogP contribution in [-0.4, -0.2) is 57.4 Å². The normalized spacial score (nSPS) is 14.5. The van der Waals surface area contributed by atoms with E-state index in [1.807, 2.05) is 25.1 Å². The van der Waals surface area contributed by atoms with E-state index >= 15 is 0 Å². The summed E-state index contributed by atoms with van der Waals surface area (Å²) in [7, 11) is 0. The van der Waals surface area contributed by atoms with Crippen LogP contribution in [0.25, 0.3) is 10.9 Å². The number of fused-ring (bicyclic) bond motifs is 1. The molecule has 0 unspecified atom stereocenters. The molecule has 1 aliphatic rings. The number of nitrogens with zero attached hydrogens (tertiary/aromatic N) is 3. The van der Waals surface area contributed by atoms with Gasteiger partial charge < -0.3 is 20.1 Å². The minimum absolute atomic E-state index is 0.177. The zero-order valence-electron chi connectivity index (χ0n) is 17.2. The molecule has 3 aromatic rings. The number of ether oxygens (including phenoxy) is 1. The molecule has 1 aromatic carbocycles. The maximum absolute atomic E-state index is 12.4. The maximum atomic E-state index is 12.4. The molecule has 0 saturated carbocycles. The summed E-state index contributed by atoms with van der Waals surface area (Å²) in [6.45, 7) is 3.45. The fourth-order valence-electron chi connectivity index (χ4n) is 3.53. The molecule has 31 heavy (non-hydrogen) atoms. The smallest absolute Gasteiger partial charge is 0.326 e. The van der Waals surface area contributed by atoms with Gasteiger partial charge in [0.25, 0.3) is 0 Å². The van der Waals surface area contributed by atoms with Crippen LogP contribution in [0.1, 0.15) is 19.8 Å². The minimum Gasteiger partial charge on any atom is -0.457 e. The molecule has 0 aliphatic carbocycles. The summed E-state index contributed by atoms with van der Waals surface area (Å²) < 4.78 is 7.50. The van der Waals surface area contributed by atoms with Crippen LogP contribution < -0.4 is 15.4 Å². The first-order chi connectivity index (χ1) is 15.0. The molecule has 9 heteroatoms. The number of likely N-dealkylation sites (tertiary alicyclic amines) is 1. The van der Waals surface area contributed by atoms with E-state index in [4.69, 9.17) is 4.74 Å². The van der Waals surface area contributed by atoms with Crippen molar-refractivity contribution < 1.29 is 19.4 Å². The van der Waals surface area contributed by atoms with Crippen LogP contribution in [0.4, 0.5) is 15.4 Å². The van der Waals surface area contributed by atoms with Gasteiger partial charge in [-0.05, 0) is 50.1 Å². The zero-order chi connectivity index (χ0) is 21.8. The Labute approximate surface area is 179 Å². The molecule has 3 N–H and O–H groups in total. The van der Waals surface area contributed by atoms with Gasteiger partial charge in [0.1, 0.15) is 17.3 Å². The van der Waals surface area contributed by atoms with E-state index in [0.29, 0.717) is 49.8 Å². The highest BCUT2D eigenvalue weighted by Crippen LogP contribution is 2.27. The van der Waals surface area contributed by atoms with Gasteiger partial charge in [0, 0.05) is 43.5 Å². The Morgan fingerprint density at radius 2 is 1.90 bits per heavy atom. The maximum Gasteiger partial charge on any atom is 0.326 e. The van der Waals surface area contributed by atoms with Crippen molar-refractivity contribution in [3.05, 3.63) is 48.8 Å². The van der Waals surface area contributed by atoms with E-state index in [9.17, 15) is 14.7 Å². The number of carbonyl (C=O) groups is 2. The monoisotopic (exact) mass is 423 g/mol. The molecular formula is C22H25N5O4. The second-order valence-corrected chi connectivity index (χ2v) is 7.37. The number of nitrogens with one attached hydrogen (secondary N) is 2. The van der Waals surface area contributed by atoms with Crippen LogP contribution in [0.15, 0.2) is 48.8 Å². The van der Waals surface area contributed by atoms with Gasteiger partial charge in [0.05, 0.1) is 11.6 Å². The average Bonchev–Trinajstić information content (AvgIpc) is 3.18. The molecule has 9 nitrogen and oxygen atoms in total. The van der Waals surface area contributed by atoms with Crippen molar-refractivity contribution in [3.63, 3.8) is 0 Å². The molecule has 0 radical (unpaired) electrons. The Morgan fingerprint density at radius 1 is 1.13 bits per heavy atom. The largest absolute Gasteiger partial charge is 0.457 e. The van der Waals surface area contributed by atoms with Crippen LogP contribution in [-0.2, 0) is 0 Å². The molecule has 3 amide bonds. The standard InChI is InChI=1S/C22H25N5O4/c1-2-23-21(29)27-12-6-15-13-17(3-4-19(15)27)31-18-5-9-24-20(14-18)25-22(30)26-10-7-16(28)8-11-26/h3-6,9,12-14,16,28H,2,7-8,10-11H2,1H3,(H,23,29)(H,24,25,30). The van der Waals surface area contributed by atoms with Gasteiger partial charge in [-0.15, -0.1) is 0 Å². The molecule has 0 bridgehead atoms. The van der Waals surface area contributed by atoms with Crippen LogP contribution in [0.5, 0.6) is 11.5 Å². The number of benzene rings is 1. The number of aliphatic hydroxyl groups excluding tert-OH is 1. The third-order valence-corrected chi connectivity index (χ3v) is 5.16. The number of anilines is 1. The molecule has 3 heterocycles. The molecule has 4 rings (SSSR count). The first kappa shape index (κ1) is 20.7. The predicted molar refractivity (Wildman–Crippen MR) is 117 cm³/mol. The first-order valence-electron chi connectivity index (χ1n) is 10.3. The lowest BCUT2D eigenvalue weighted by Crippen LogP contribution is -2.42. The number of amides is 3. The second-order valence-electron chi connectivity index (χ2n) is 7.37. The third-order valence-electron chi connectivity index (χ3n) is 5.16.